The first-order valence-electron chi connectivity index (χ1n) is 5.08. The maximum absolute atomic E-state index is 12.0. The number of benzene rings is 1. The van der Waals surface area contributed by atoms with Crippen molar-refractivity contribution in [3.05, 3.63) is 36.2 Å². The highest BCUT2D eigenvalue weighted by atomic mass is 16.2. The predicted octanol–water partition coefficient (Wildman–Crippen LogP) is 0.674. The maximum atomic E-state index is 12.0. The summed E-state index contributed by atoms with van der Waals surface area (Å²) < 4.78 is 0. The zero-order valence-corrected chi connectivity index (χ0v) is 9.66. The van der Waals surface area contributed by atoms with E-state index in [4.69, 9.17) is 5.73 Å². The first kappa shape index (κ1) is 11.1. The van der Waals surface area contributed by atoms with E-state index in [-0.39, 0.29) is 5.91 Å². The summed E-state index contributed by atoms with van der Waals surface area (Å²) in [7, 11) is 3.34. The summed E-state index contributed by atoms with van der Waals surface area (Å²) >= 11 is 0. The third-order valence-electron chi connectivity index (χ3n) is 2.38. The number of amides is 1. The largest absolute Gasteiger partial charge is 0.399 e. The number of aromatic nitrogens is 3. The number of aryl methyl sites for hydroxylation is 1. The van der Waals surface area contributed by atoms with Crippen LogP contribution in [-0.4, -0.2) is 27.9 Å². The van der Waals surface area contributed by atoms with Gasteiger partial charge in [0.25, 0.3) is 5.91 Å². The molecule has 1 aromatic carbocycles. The second-order valence-corrected chi connectivity index (χ2v) is 3.68. The van der Waals surface area contributed by atoms with Crippen molar-refractivity contribution in [1.29, 1.82) is 0 Å². The normalized spacial score (nSPS) is 10.2. The van der Waals surface area contributed by atoms with E-state index in [0.717, 1.165) is 5.69 Å². The van der Waals surface area contributed by atoms with Crippen LogP contribution in [0.3, 0.4) is 0 Å². The van der Waals surface area contributed by atoms with Gasteiger partial charge in [-0.3, -0.25) is 4.79 Å². The van der Waals surface area contributed by atoms with Gasteiger partial charge in [-0.25, -0.2) is 0 Å². The fraction of sp³-hybridized carbons (Fsp3) is 0.182. The van der Waals surface area contributed by atoms with Gasteiger partial charge in [0.1, 0.15) is 0 Å². The third-order valence-corrected chi connectivity index (χ3v) is 2.38. The Bertz CT molecular complexity index is 548. The number of rotatable bonds is 2. The minimum atomic E-state index is -0.219. The van der Waals surface area contributed by atoms with Crippen molar-refractivity contribution in [3.8, 4) is 0 Å². The van der Waals surface area contributed by atoms with Crippen molar-refractivity contribution >= 4 is 17.3 Å². The molecule has 0 aliphatic heterocycles. The van der Waals surface area contributed by atoms with Crippen LogP contribution in [0.15, 0.2) is 30.5 Å². The van der Waals surface area contributed by atoms with E-state index in [0.29, 0.717) is 11.4 Å². The highest BCUT2D eigenvalue weighted by Gasteiger charge is 2.16. The molecule has 0 atom stereocenters. The molecule has 2 rings (SSSR count). The van der Waals surface area contributed by atoms with Gasteiger partial charge < -0.3 is 10.6 Å². The van der Waals surface area contributed by atoms with Gasteiger partial charge in [0, 0.05) is 25.5 Å². The second-order valence-electron chi connectivity index (χ2n) is 3.68. The number of nitrogens with two attached hydrogens (primary N) is 1. The zero-order valence-electron chi connectivity index (χ0n) is 9.66. The fourth-order valence-corrected chi connectivity index (χ4v) is 1.47. The van der Waals surface area contributed by atoms with Gasteiger partial charge in [0.05, 0.1) is 6.20 Å². The lowest BCUT2D eigenvalue weighted by Gasteiger charge is -2.15. The van der Waals surface area contributed by atoms with Gasteiger partial charge in [-0.1, -0.05) is 6.07 Å². The van der Waals surface area contributed by atoms with E-state index in [1.54, 1.807) is 32.3 Å². The summed E-state index contributed by atoms with van der Waals surface area (Å²) in [5.41, 5.74) is 7.31. The molecule has 88 valence electrons. The molecule has 0 aliphatic carbocycles. The Morgan fingerprint density at radius 2 is 2.24 bits per heavy atom. The third kappa shape index (κ3) is 2.25. The monoisotopic (exact) mass is 231 g/mol. The van der Waals surface area contributed by atoms with Crippen molar-refractivity contribution < 1.29 is 4.79 Å². The summed E-state index contributed by atoms with van der Waals surface area (Å²) in [5, 5.41) is 7.83. The Hall–Kier alpha value is -2.37. The quantitative estimate of drug-likeness (QED) is 0.771. The lowest BCUT2D eigenvalue weighted by molar-refractivity contribution is 0.0987. The van der Waals surface area contributed by atoms with Crippen LogP contribution < -0.4 is 10.6 Å². The molecule has 1 aromatic heterocycles. The minimum Gasteiger partial charge on any atom is -0.399 e. The molecular formula is C11H13N5O. The van der Waals surface area contributed by atoms with Crippen molar-refractivity contribution in [2.24, 2.45) is 7.05 Å². The smallest absolute Gasteiger partial charge is 0.280 e. The van der Waals surface area contributed by atoms with Crippen LogP contribution in [0.25, 0.3) is 0 Å². The van der Waals surface area contributed by atoms with Crippen LogP contribution >= 0.6 is 0 Å². The van der Waals surface area contributed by atoms with Crippen LogP contribution in [0.2, 0.25) is 0 Å². The number of hydrogen-bond acceptors (Lipinski definition) is 4. The molecule has 0 bridgehead atoms. The van der Waals surface area contributed by atoms with Gasteiger partial charge in [0.15, 0.2) is 5.69 Å². The molecule has 0 saturated heterocycles. The first-order chi connectivity index (χ1) is 8.08. The molecule has 17 heavy (non-hydrogen) atoms. The van der Waals surface area contributed by atoms with E-state index in [1.807, 2.05) is 6.07 Å². The average Bonchev–Trinajstić information content (AvgIpc) is 2.74. The molecule has 1 amide bonds. The lowest BCUT2D eigenvalue weighted by Crippen LogP contribution is -2.26. The van der Waals surface area contributed by atoms with Crippen LogP contribution in [0.1, 0.15) is 10.5 Å². The first-order valence-corrected chi connectivity index (χ1v) is 5.08. The molecule has 0 aliphatic rings. The Morgan fingerprint density at radius 3 is 2.82 bits per heavy atom. The summed E-state index contributed by atoms with van der Waals surface area (Å²) in [6, 6.07) is 7.11. The number of hydrogen-bond donors (Lipinski definition) is 1. The van der Waals surface area contributed by atoms with Crippen LogP contribution in [-0.2, 0) is 7.05 Å². The molecule has 0 radical (unpaired) electrons. The Balaban J connectivity index is 2.26. The molecule has 6 heteroatoms. The van der Waals surface area contributed by atoms with Crippen molar-refractivity contribution in [1.82, 2.24) is 15.0 Å². The summed E-state index contributed by atoms with van der Waals surface area (Å²) in [4.78, 5) is 14.9. The van der Waals surface area contributed by atoms with E-state index < -0.39 is 0 Å². The van der Waals surface area contributed by atoms with Gasteiger partial charge >= 0.3 is 0 Å². The minimum absolute atomic E-state index is 0.219. The number of nitrogens with zero attached hydrogens (tertiary/aromatic N) is 4. The van der Waals surface area contributed by atoms with Gasteiger partial charge in [-0.2, -0.15) is 9.90 Å². The lowest BCUT2D eigenvalue weighted by atomic mass is 10.2. The standard InChI is InChI=1S/C11H13N5O/c1-15(9-5-3-4-8(12)6-9)11(17)10-7-13-16(2)14-10/h3-7H,12H2,1-2H3. The number of carbonyl (C=O) groups excluding carboxylic acids is 1. The van der Waals surface area contributed by atoms with Gasteiger partial charge in [-0.05, 0) is 18.2 Å². The second kappa shape index (κ2) is 4.25. The average molecular weight is 231 g/mol. The van der Waals surface area contributed by atoms with Crippen LogP contribution in [0.5, 0.6) is 0 Å². The Labute approximate surface area is 98.6 Å². The van der Waals surface area contributed by atoms with Crippen molar-refractivity contribution in [3.63, 3.8) is 0 Å². The molecule has 0 unspecified atom stereocenters. The van der Waals surface area contributed by atoms with E-state index in [9.17, 15) is 4.79 Å². The van der Waals surface area contributed by atoms with E-state index in [2.05, 4.69) is 10.2 Å². The molecule has 2 N–H and O–H groups in total. The molecule has 1 heterocycles. The van der Waals surface area contributed by atoms with Crippen LogP contribution in [0.4, 0.5) is 11.4 Å². The van der Waals surface area contributed by atoms with E-state index >= 15 is 0 Å². The van der Waals surface area contributed by atoms with Gasteiger partial charge in [-0.15, -0.1) is 5.10 Å². The van der Waals surface area contributed by atoms with Gasteiger partial charge in [0.2, 0.25) is 0 Å². The molecule has 0 spiro atoms. The Morgan fingerprint density at radius 1 is 1.47 bits per heavy atom. The number of anilines is 2. The van der Waals surface area contributed by atoms with E-state index in [1.165, 1.54) is 15.9 Å². The summed E-state index contributed by atoms with van der Waals surface area (Å²) in [6.07, 6.45) is 1.44. The summed E-state index contributed by atoms with van der Waals surface area (Å²) in [6.45, 7) is 0. The number of carbonyl (C=O) groups is 1. The van der Waals surface area contributed by atoms with Crippen molar-refractivity contribution in [2.75, 3.05) is 17.7 Å². The molecular weight excluding hydrogens is 218 g/mol. The highest BCUT2D eigenvalue weighted by Crippen LogP contribution is 2.17. The molecule has 0 fully saturated rings. The van der Waals surface area contributed by atoms with Crippen LogP contribution in [0, 0.1) is 0 Å². The zero-order chi connectivity index (χ0) is 12.4. The molecule has 2 aromatic rings. The summed E-state index contributed by atoms with van der Waals surface area (Å²) in [5.74, 6) is -0.219. The number of nitrogen functional groups attached to an aromatic ring is 1. The molecule has 6 nitrogen and oxygen atoms in total. The fourth-order valence-electron chi connectivity index (χ4n) is 1.47. The predicted molar refractivity (Wildman–Crippen MR) is 64.6 cm³/mol. The highest BCUT2D eigenvalue weighted by molar-refractivity contribution is 6.04. The molecule has 0 saturated carbocycles. The SMILES string of the molecule is CN(C(=O)c1cnn(C)n1)c1cccc(N)c1. The maximum Gasteiger partial charge on any atom is 0.280 e. The van der Waals surface area contributed by atoms with Crippen molar-refractivity contribution in [2.45, 2.75) is 0 Å². The Kier molecular flexibility index (Phi) is 2.78. The topological polar surface area (TPSA) is 77.0 Å².